The second kappa shape index (κ2) is 7.23. The molecule has 6 heteroatoms. The molecule has 0 aromatic carbocycles. The van der Waals surface area contributed by atoms with Crippen LogP contribution in [-0.4, -0.2) is 41.0 Å². The molecule has 104 valence electrons. The summed E-state index contributed by atoms with van der Waals surface area (Å²) in [6.45, 7) is 5.64. The van der Waals surface area contributed by atoms with Crippen LogP contribution >= 0.6 is 15.9 Å². The highest BCUT2D eigenvalue weighted by Crippen LogP contribution is 2.16. The predicted molar refractivity (Wildman–Crippen MR) is 74.7 cm³/mol. The Labute approximate surface area is 121 Å². The van der Waals surface area contributed by atoms with Crippen LogP contribution in [0.3, 0.4) is 0 Å². The van der Waals surface area contributed by atoms with Crippen molar-refractivity contribution in [2.24, 2.45) is 0 Å². The lowest BCUT2D eigenvalue weighted by molar-refractivity contribution is -0.144. The summed E-state index contributed by atoms with van der Waals surface area (Å²) in [6.07, 6.45) is 1.54. The quantitative estimate of drug-likeness (QED) is 0.778. The summed E-state index contributed by atoms with van der Waals surface area (Å²) in [4.78, 5) is 29.4. The fourth-order valence-corrected chi connectivity index (χ4v) is 1.94. The predicted octanol–water partition coefficient (Wildman–Crippen LogP) is 2.26. The van der Waals surface area contributed by atoms with Crippen LogP contribution in [0.25, 0.3) is 0 Å². The number of nitrogens with zero attached hydrogens (tertiary/aromatic N) is 2. The van der Waals surface area contributed by atoms with Crippen molar-refractivity contribution in [2.45, 2.75) is 26.8 Å². The molecule has 19 heavy (non-hydrogen) atoms. The van der Waals surface area contributed by atoms with Gasteiger partial charge in [0.05, 0.1) is 6.61 Å². The second-order valence-electron chi connectivity index (χ2n) is 4.17. The normalized spacial score (nSPS) is 10.4. The monoisotopic (exact) mass is 328 g/mol. The van der Waals surface area contributed by atoms with Crippen molar-refractivity contribution in [2.75, 3.05) is 13.2 Å². The van der Waals surface area contributed by atoms with Crippen molar-refractivity contribution in [3.8, 4) is 0 Å². The Balaban J connectivity index is 2.91. The second-order valence-corrected chi connectivity index (χ2v) is 5.02. The number of hydrogen-bond donors (Lipinski definition) is 0. The largest absolute Gasteiger partial charge is 0.465 e. The maximum Gasteiger partial charge on any atom is 0.325 e. The first-order valence-electron chi connectivity index (χ1n) is 6.04. The third-order valence-corrected chi connectivity index (χ3v) is 3.09. The molecule has 0 saturated carbocycles. The van der Waals surface area contributed by atoms with E-state index in [1.54, 1.807) is 25.3 Å². The number of ether oxygens (including phenoxy) is 1. The molecule has 0 aliphatic rings. The number of amides is 1. The molecule has 0 unspecified atom stereocenters. The van der Waals surface area contributed by atoms with E-state index in [9.17, 15) is 9.59 Å². The molecule has 0 saturated heterocycles. The Bertz CT molecular complexity index is 463. The van der Waals surface area contributed by atoms with Gasteiger partial charge in [-0.3, -0.25) is 9.59 Å². The topological polar surface area (TPSA) is 59.5 Å². The van der Waals surface area contributed by atoms with E-state index < -0.39 is 5.97 Å². The minimum absolute atomic E-state index is 0.0760. The van der Waals surface area contributed by atoms with Crippen LogP contribution in [0.4, 0.5) is 0 Å². The van der Waals surface area contributed by atoms with Crippen LogP contribution in [0.5, 0.6) is 0 Å². The minimum atomic E-state index is -0.420. The number of pyridine rings is 1. The van der Waals surface area contributed by atoms with Crippen molar-refractivity contribution in [3.05, 3.63) is 28.5 Å². The van der Waals surface area contributed by atoms with Crippen molar-refractivity contribution in [3.63, 3.8) is 0 Å². The van der Waals surface area contributed by atoms with Gasteiger partial charge < -0.3 is 9.64 Å². The van der Waals surface area contributed by atoms with Crippen LogP contribution in [0.1, 0.15) is 31.3 Å². The first-order valence-corrected chi connectivity index (χ1v) is 6.83. The number of rotatable bonds is 5. The number of hydrogen-bond acceptors (Lipinski definition) is 4. The molecule has 0 aliphatic carbocycles. The molecule has 1 aromatic rings. The fraction of sp³-hybridized carbons (Fsp3) is 0.462. The van der Waals surface area contributed by atoms with E-state index in [2.05, 4.69) is 20.9 Å². The Kier molecular flexibility index (Phi) is 5.95. The average molecular weight is 329 g/mol. The van der Waals surface area contributed by atoms with Crippen molar-refractivity contribution in [1.82, 2.24) is 9.88 Å². The molecular formula is C13H17BrN2O3. The molecule has 0 bridgehead atoms. The standard InChI is InChI=1S/C13H17BrN2O3/c1-4-19-11(17)8-16(9(2)3)13(18)12-10(14)6-5-7-15-12/h5-7,9H,4,8H2,1-3H3. The highest BCUT2D eigenvalue weighted by molar-refractivity contribution is 9.10. The Hall–Kier alpha value is -1.43. The highest BCUT2D eigenvalue weighted by atomic mass is 79.9. The molecule has 1 rings (SSSR count). The SMILES string of the molecule is CCOC(=O)CN(C(=O)c1ncccc1Br)C(C)C. The van der Waals surface area contributed by atoms with Gasteiger partial charge in [-0.1, -0.05) is 0 Å². The molecule has 1 amide bonds. The zero-order valence-corrected chi connectivity index (χ0v) is 12.8. The van der Waals surface area contributed by atoms with Crippen LogP contribution in [0.2, 0.25) is 0 Å². The lowest BCUT2D eigenvalue weighted by Gasteiger charge is -2.25. The zero-order valence-electron chi connectivity index (χ0n) is 11.2. The van der Waals surface area contributed by atoms with E-state index in [1.807, 2.05) is 13.8 Å². The lowest BCUT2D eigenvalue weighted by atomic mass is 10.2. The van der Waals surface area contributed by atoms with Gasteiger partial charge in [-0.25, -0.2) is 4.98 Å². The molecular weight excluding hydrogens is 312 g/mol. The van der Waals surface area contributed by atoms with Gasteiger partial charge in [0.2, 0.25) is 0 Å². The molecule has 0 aliphatic heterocycles. The summed E-state index contributed by atoms with van der Waals surface area (Å²) in [5.41, 5.74) is 0.292. The van der Waals surface area contributed by atoms with E-state index in [0.29, 0.717) is 16.8 Å². The summed E-state index contributed by atoms with van der Waals surface area (Å²) in [7, 11) is 0. The van der Waals surface area contributed by atoms with E-state index in [4.69, 9.17) is 4.74 Å². The Morgan fingerprint density at radius 1 is 1.47 bits per heavy atom. The Morgan fingerprint density at radius 3 is 2.68 bits per heavy atom. The van der Waals surface area contributed by atoms with E-state index in [-0.39, 0.29) is 18.5 Å². The Morgan fingerprint density at radius 2 is 2.16 bits per heavy atom. The maximum absolute atomic E-state index is 12.4. The van der Waals surface area contributed by atoms with E-state index in [1.165, 1.54) is 4.90 Å². The molecule has 0 radical (unpaired) electrons. The van der Waals surface area contributed by atoms with Gasteiger partial charge in [0.25, 0.3) is 5.91 Å². The lowest BCUT2D eigenvalue weighted by Crippen LogP contribution is -2.41. The smallest absolute Gasteiger partial charge is 0.325 e. The molecule has 0 atom stereocenters. The molecule has 0 spiro atoms. The first kappa shape index (κ1) is 15.6. The summed E-state index contributed by atoms with van der Waals surface area (Å²) in [6, 6.07) is 3.35. The molecule has 0 N–H and O–H groups in total. The zero-order chi connectivity index (χ0) is 14.4. The maximum atomic E-state index is 12.4. The third kappa shape index (κ3) is 4.31. The van der Waals surface area contributed by atoms with Crippen LogP contribution in [0, 0.1) is 0 Å². The van der Waals surface area contributed by atoms with Gasteiger partial charge in [0.15, 0.2) is 0 Å². The molecule has 5 nitrogen and oxygen atoms in total. The number of esters is 1. The van der Waals surface area contributed by atoms with Crippen molar-refractivity contribution < 1.29 is 14.3 Å². The fourth-order valence-electron chi connectivity index (χ4n) is 1.51. The highest BCUT2D eigenvalue weighted by Gasteiger charge is 2.24. The summed E-state index contributed by atoms with van der Waals surface area (Å²) >= 11 is 3.29. The van der Waals surface area contributed by atoms with Gasteiger partial charge in [0, 0.05) is 16.7 Å². The first-order chi connectivity index (χ1) is 8.97. The van der Waals surface area contributed by atoms with Gasteiger partial charge >= 0.3 is 5.97 Å². The van der Waals surface area contributed by atoms with Gasteiger partial charge in [-0.2, -0.15) is 0 Å². The summed E-state index contributed by atoms with van der Waals surface area (Å²) in [5, 5.41) is 0. The summed E-state index contributed by atoms with van der Waals surface area (Å²) < 4.78 is 5.48. The van der Waals surface area contributed by atoms with Crippen molar-refractivity contribution in [1.29, 1.82) is 0 Å². The van der Waals surface area contributed by atoms with E-state index in [0.717, 1.165) is 0 Å². The number of aromatic nitrogens is 1. The molecule has 0 fully saturated rings. The van der Waals surface area contributed by atoms with Crippen LogP contribution in [0.15, 0.2) is 22.8 Å². The third-order valence-electron chi connectivity index (χ3n) is 2.45. The molecule has 1 heterocycles. The number of halogens is 1. The van der Waals surface area contributed by atoms with Crippen LogP contribution < -0.4 is 0 Å². The van der Waals surface area contributed by atoms with Gasteiger partial charge in [-0.15, -0.1) is 0 Å². The number of carbonyl (C=O) groups is 2. The van der Waals surface area contributed by atoms with E-state index >= 15 is 0 Å². The van der Waals surface area contributed by atoms with Crippen LogP contribution in [-0.2, 0) is 9.53 Å². The summed E-state index contributed by atoms with van der Waals surface area (Å²) in [5.74, 6) is -0.716. The van der Waals surface area contributed by atoms with Crippen molar-refractivity contribution >= 4 is 27.8 Å². The average Bonchev–Trinajstić information content (AvgIpc) is 2.36. The minimum Gasteiger partial charge on any atom is -0.465 e. The van der Waals surface area contributed by atoms with Gasteiger partial charge in [0.1, 0.15) is 12.2 Å². The van der Waals surface area contributed by atoms with Gasteiger partial charge in [-0.05, 0) is 48.8 Å². The molecule has 1 aromatic heterocycles. The number of carbonyl (C=O) groups excluding carboxylic acids is 2.